The van der Waals surface area contributed by atoms with Crippen LogP contribution in [0.15, 0.2) is 30.3 Å². The zero-order chi connectivity index (χ0) is 16.5. The van der Waals surface area contributed by atoms with Gasteiger partial charge in [0.2, 0.25) is 0 Å². The number of alkyl carbamates (subject to hydrolysis) is 1. The van der Waals surface area contributed by atoms with E-state index >= 15 is 0 Å². The van der Waals surface area contributed by atoms with E-state index in [0.717, 1.165) is 26.2 Å². The molecule has 1 atom stereocenters. The summed E-state index contributed by atoms with van der Waals surface area (Å²) >= 11 is 0. The highest BCUT2D eigenvalue weighted by Crippen LogP contribution is 2.56. The summed E-state index contributed by atoms with van der Waals surface area (Å²) in [4.78, 5) is 14.4. The third-order valence-electron chi connectivity index (χ3n) is 4.92. The Balaban J connectivity index is 1.51. The van der Waals surface area contributed by atoms with Gasteiger partial charge in [0.15, 0.2) is 0 Å². The van der Waals surface area contributed by atoms with Crippen LogP contribution in [0.25, 0.3) is 0 Å². The lowest BCUT2D eigenvalue weighted by atomic mass is 9.93. The number of rotatable bonds is 4. The van der Waals surface area contributed by atoms with Crippen LogP contribution in [0.1, 0.15) is 39.2 Å². The molecule has 1 amide bonds. The van der Waals surface area contributed by atoms with E-state index in [0.29, 0.717) is 11.3 Å². The molecule has 4 nitrogen and oxygen atoms in total. The quantitative estimate of drug-likeness (QED) is 0.925. The largest absolute Gasteiger partial charge is 0.444 e. The summed E-state index contributed by atoms with van der Waals surface area (Å²) in [5.74, 6) is 0.540. The molecule has 1 aliphatic heterocycles. The van der Waals surface area contributed by atoms with Crippen molar-refractivity contribution in [2.24, 2.45) is 11.3 Å². The number of hydrogen-bond acceptors (Lipinski definition) is 3. The van der Waals surface area contributed by atoms with Crippen molar-refractivity contribution in [1.29, 1.82) is 0 Å². The smallest absolute Gasteiger partial charge is 0.407 e. The van der Waals surface area contributed by atoms with E-state index in [2.05, 4.69) is 40.5 Å². The predicted molar refractivity (Wildman–Crippen MR) is 91.1 cm³/mol. The Morgan fingerprint density at radius 3 is 2.61 bits per heavy atom. The minimum atomic E-state index is -0.434. The second-order valence-electron chi connectivity index (χ2n) is 8.10. The van der Waals surface area contributed by atoms with Crippen molar-refractivity contribution < 1.29 is 9.53 Å². The highest BCUT2D eigenvalue weighted by atomic mass is 16.6. The van der Waals surface area contributed by atoms with E-state index in [9.17, 15) is 4.79 Å². The molecule has 2 fully saturated rings. The van der Waals surface area contributed by atoms with Gasteiger partial charge in [0.25, 0.3) is 0 Å². The summed E-state index contributed by atoms with van der Waals surface area (Å²) < 4.78 is 5.34. The maximum atomic E-state index is 11.9. The van der Waals surface area contributed by atoms with E-state index in [1.165, 1.54) is 18.4 Å². The van der Waals surface area contributed by atoms with Gasteiger partial charge in [0, 0.05) is 26.2 Å². The van der Waals surface area contributed by atoms with Crippen molar-refractivity contribution in [1.82, 2.24) is 10.2 Å². The monoisotopic (exact) mass is 316 g/mol. The maximum Gasteiger partial charge on any atom is 0.407 e. The SMILES string of the molecule is CC(C)(C)OC(=O)NCC1CN(Cc2ccccc2)CC12CC2. The number of carbonyl (C=O) groups excluding carboxylic acids is 1. The molecule has 1 spiro atoms. The zero-order valence-corrected chi connectivity index (χ0v) is 14.5. The second kappa shape index (κ2) is 6.16. The molecule has 1 saturated carbocycles. The zero-order valence-electron chi connectivity index (χ0n) is 14.5. The van der Waals surface area contributed by atoms with Crippen LogP contribution < -0.4 is 5.32 Å². The van der Waals surface area contributed by atoms with Crippen molar-refractivity contribution in [2.75, 3.05) is 19.6 Å². The van der Waals surface area contributed by atoms with Crippen molar-refractivity contribution in [3.8, 4) is 0 Å². The lowest BCUT2D eigenvalue weighted by molar-refractivity contribution is 0.0515. The summed E-state index contributed by atoms with van der Waals surface area (Å²) in [6.07, 6.45) is 2.28. The third-order valence-corrected chi connectivity index (χ3v) is 4.92. The van der Waals surface area contributed by atoms with Crippen molar-refractivity contribution in [3.63, 3.8) is 0 Å². The van der Waals surface area contributed by atoms with Gasteiger partial charge in [-0.25, -0.2) is 4.79 Å². The number of carbonyl (C=O) groups is 1. The lowest BCUT2D eigenvalue weighted by Crippen LogP contribution is -2.37. The summed E-state index contributed by atoms with van der Waals surface area (Å²) in [6, 6.07) is 10.6. The lowest BCUT2D eigenvalue weighted by Gasteiger charge is -2.22. The van der Waals surface area contributed by atoms with Gasteiger partial charge in [-0.1, -0.05) is 30.3 Å². The molecule has 1 aromatic rings. The van der Waals surface area contributed by atoms with Crippen molar-refractivity contribution >= 4 is 6.09 Å². The molecule has 4 heteroatoms. The van der Waals surface area contributed by atoms with Crippen LogP contribution in [0.4, 0.5) is 4.79 Å². The molecule has 0 radical (unpaired) electrons. The third kappa shape index (κ3) is 4.25. The number of likely N-dealkylation sites (tertiary alicyclic amines) is 1. The Hall–Kier alpha value is -1.55. The molecule has 1 unspecified atom stereocenters. The molecule has 0 aromatic heterocycles. The Morgan fingerprint density at radius 2 is 2.00 bits per heavy atom. The second-order valence-corrected chi connectivity index (χ2v) is 8.10. The Labute approximate surface area is 139 Å². The molecule has 23 heavy (non-hydrogen) atoms. The Kier molecular flexibility index (Phi) is 4.37. The number of nitrogens with zero attached hydrogens (tertiary/aromatic N) is 1. The summed E-state index contributed by atoms with van der Waals surface area (Å²) in [5.41, 5.74) is 1.37. The van der Waals surface area contributed by atoms with Gasteiger partial charge in [0.05, 0.1) is 0 Å². The molecule has 2 aliphatic rings. The summed E-state index contributed by atoms with van der Waals surface area (Å²) in [6.45, 7) is 9.63. The van der Waals surface area contributed by atoms with Gasteiger partial charge in [-0.05, 0) is 50.5 Å². The first kappa shape index (κ1) is 16.3. The normalized spacial score (nSPS) is 23.0. The Morgan fingerprint density at radius 1 is 1.30 bits per heavy atom. The number of nitrogens with one attached hydrogen (secondary N) is 1. The highest BCUT2D eigenvalue weighted by molar-refractivity contribution is 5.67. The molecule has 1 saturated heterocycles. The average molecular weight is 316 g/mol. The first-order chi connectivity index (χ1) is 10.9. The van der Waals surface area contributed by atoms with Crippen LogP contribution in [0.5, 0.6) is 0 Å². The van der Waals surface area contributed by atoms with Crippen LogP contribution in [0.2, 0.25) is 0 Å². The minimum Gasteiger partial charge on any atom is -0.444 e. The first-order valence-corrected chi connectivity index (χ1v) is 8.59. The standard InChI is InChI=1S/C19H28N2O2/c1-18(2,3)23-17(22)20-11-16-13-21(14-19(16)9-10-19)12-15-7-5-4-6-8-15/h4-8,16H,9-14H2,1-3H3,(H,20,22). The fourth-order valence-electron chi connectivity index (χ4n) is 3.64. The Bertz CT molecular complexity index is 546. The van der Waals surface area contributed by atoms with E-state index in [4.69, 9.17) is 4.74 Å². The average Bonchev–Trinajstić information content (AvgIpc) is 3.14. The van der Waals surface area contributed by atoms with Gasteiger partial charge in [-0.2, -0.15) is 0 Å². The fraction of sp³-hybridized carbons (Fsp3) is 0.632. The molecule has 1 N–H and O–H groups in total. The first-order valence-electron chi connectivity index (χ1n) is 8.59. The molecular weight excluding hydrogens is 288 g/mol. The van der Waals surface area contributed by atoms with Gasteiger partial charge in [0.1, 0.15) is 5.60 Å². The number of ether oxygens (including phenoxy) is 1. The number of amides is 1. The minimum absolute atomic E-state index is 0.296. The molecule has 1 aromatic carbocycles. The van der Waals surface area contributed by atoms with Gasteiger partial charge in [-0.15, -0.1) is 0 Å². The van der Waals surface area contributed by atoms with E-state index in [-0.39, 0.29) is 6.09 Å². The van der Waals surface area contributed by atoms with Crippen LogP contribution in [0.3, 0.4) is 0 Å². The van der Waals surface area contributed by atoms with Crippen LogP contribution in [-0.2, 0) is 11.3 Å². The molecule has 1 aliphatic carbocycles. The number of benzene rings is 1. The van der Waals surface area contributed by atoms with E-state index < -0.39 is 5.60 Å². The van der Waals surface area contributed by atoms with Crippen molar-refractivity contribution in [2.45, 2.75) is 45.8 Å². The topological polar surface area (TPSA) is 41.6 Å². The van der Waals surface area contributed by atoms with Crippen LogP contribution in [-0.4, -0.2) is 36.2 Å². The molecule has 0 bridgehead atoms. The molecule has 126 valence electrons. The predicted octanol–water partition coefficient (Wildman–Crippen LogP) is 3.42. The van der Waals surface area contributed by atoms with Crippen LogP contribution >= 0.6 is 0 Å². The van der Waals surface area contributed by atoms with Gasteiger partial charge in [-0.3, -0.25) is 4.90 Å². The van der Waals surface area contributed by atoms with Gasteiger partial charge >= 0.3 is 6.09 Å². The number of hydrogen-bond donors (Lipinski definition) is 1. The molecule has 1 heterocycles. The van der Waals surface area contributed by atoms with Crippen LogP contribution in [0, 0.1) is 11.3 Å². The summed E-state index contributed by atoms with van der Waals surface area (Å²) in [5, 5.41) is 2.97. The van der Waals surface area contributed by atoms with Gasteiger partial charge < -0.3 is 10.1 Å². The maximum absolute atomic E-state index is 11.9. The summed E-state index contributed by atoms with van der Waals surface area (Å²) in [7, 11) is 0. The fourth-order valence-corrected chi connectivity index (χ4v) is 3.64. The van der Waals surface area contributed by atoms with E-state index in [1.807, 2.05) is 20.8 Å². The highest BCUT2D eigenvalue weighted by Gasteiger charge is 2.54. The molecule has 3 rings (SSSR count). The van der Waals surface area contributed by atoms with E-state index in [1.54, 1.807) is 0 Å². The van der Waals surface area contributed by atoms with Crippen molar-refractivity contribution in [3.05, 3.63) is 35.9 Å². The molecular formula is C19H28N2O2.